The summed E-state index contributed by atoms with van der Waals surface area (Å²) in [5, 5.41) is 3.42. The second-order valence-electron chi connectivity index (χ2n) is 3.46. The van der Waals surface area contributed by atoms with Gasteiger partial charge in [-0.1, -0.05) is 6.07 Å². The van der Waals surface area contributed by atoms with Gasteiger partial charge in [-0.25, -0.2) is 0 Å². The molecule has 70 valence electrons. The van der Waals surface area contributed by atoms with Crippen molar-refractivity contribution in [3.8, 4) is 5.75 Å². The highest BCUT2D eigenvalue weighted by molar-refractivity contribution is 5.62. The molecule has 1 aromatic carbocycles. The lowest BCUT2D eigenvalue weighted by Gasteiger charge is -2.07. The number of nitrogens with one attached hydrogen (secondary N) is 1. The lowest BCUT2D eigenvalue weighted by Crippen LogP contribution is -2.08. The Bertz CT molecular complexity index is 309. The highest BCUT2D eigenvalue weighted by Crippen LogP contribution is 2.33. The van der Waals surface area contributed by atoms with E-state index in [1.165, 1.54) is 11.3 Å². The Morgan fingerprint density at radius 3 is 3.15 bits per heavy atom. The average Bonchev–Trinajstić information content (AvgIpc) is 2.47. The first-order valence-electron chi connectivity index (χ1n) is 4.82. The molecule has 2 rings (SSSR count). The van der Waals surface area contributed by atoms with Crippen LogP contribution in [0.5, 0.6) is 5.75 Å². The molecule has 13 heavy (non-hydrogen) atoms. The molecule has 0 radical (unpaired) electrons. The molecular weight excluding hydrogens is 162 g/mol. The van der Waals surface area contributed by atoms with E-state index in [0.717, 1.165) is 18.8 Å². The van der Waals surface area contributed by atoms with Gasteiger partial charge in [0.15, 0.2) is 0 Å². The summed E-state index contributed by atoms with van der Waals surface area (Å²) in [6.45, 7) is 4.95. The van der Waals surface area contributed by atoms with Crippen molar-refractivity contribution in [1.82, 2.24) is 0 Å². The van der Waals surface area contributed by atoms with Crippen LogP contribution < -0.4 is 10.1 Å². The minimum absolute atomic E-state index is 0.539. The van der Waals surface area contributed by atoms with E-state index in [-0.39, 0.29) is 0 Å². The number of anilines is 1. The van der Waals surface area contributed by atoms with Crippen LogP contribution in [0.3, 0.4) is 0 Å². The number of ether oxygens (including phenoxy) is 1. The molecule has 0 spiro atoms. The Balaban J connectivity index is 2.34. The molecule has 1 aliphatic rings. The minimum Gasteiger partial charge on any atom is -0.494 e. The van der Waals surface area contributed by atoms with Crippen molar-refractivity contribution < 1.29 is 4.74 Å². The zero-order chi connectivity index (χ0) is 9.26. The molecule has 1 unspecified atom stereocenters. The molecule has 2 nitrogen and oxygen atoms in total. The average molecular weight is 177 g/mol. The van der Waals surface area contributed by atoms with E-state index < -0.39 is 0 Å². The van der Waals surface area contributed by atoms with Gasteiger partial charge >= 0.3 is 0 Å². The fourth-order valence-electron chi connectivity index (χ4n) is 1.82. The molecular formula is C11H15NO. The summed E-state index contributed by atoms with van der Waals surface area (Å²) in [6, 6.07) is 6.73. The molecule has 1 atom stereocenters. The maximum atomic E-state index is 5.56. The first kappa shape index (κ1) is 8.42. The monoisotopic (exact) mass is 177 g/mol. The SMILES string of the molecule is CCOc1cccc2c1CC(C)N2. The largest absolute Gasteiger partial charge is 0.494 e. The lowest BCUT2D eigenvalue weighted by molar-refractivity contribution is 0.337. The maximum Gasteiger partial charge on any atom is 0.124 e. The number of rotatable bonds is 2. The number of hydrogen-bond acceptors (Lipinski definition) is 2. The Kier molecular flexibility index (Phi) is 2.13. The molecule has 2 heteroatoms. The van der Waals surface area contributed by atoms with E-state index in [4.69, 9.17) is 4.74 Å². The van der Waals surface area contributed by atoms with Gasteiger partial charge in [0.05, 0.1) is 6.61 Å². The van der Waals surface area contributed by atoms with Crippen LogP contribution in [-0.2, 0) is 6.42 Å². The van der Waals surface area contributed by atoms with Crippen molar-refractivity contribution in [1.29, 1.82) is 0 Å². The van der Waals surface area contributed by atoms with Crippen molar-refractivity contribution in [2.75, 3.05) is 11.9 Å². The van der Waals surface area contributed by atoms with Crippen molar-refractivity contribution >= 4 is 5.69 Å². The minimum atomic E-state index is 0.539. The van der Waals surface area contributed by atoms with Gasteiger partial charge in [0.25, 0.3) is 0 Å². The van der Waals surface area contributed by atoms with E-state index >= 15 is 0 Å². The van der Waals surface area contributed by atoms with Gasteiger partial charge in [-0.2, -0.15) is 0 Å². The lowest BCUT2D eigenvalue weighted by atomic mass is 10.1. The molecule has 0 fully saturated rings. The van der Waals surface area contributed by atoms with Gasteiger partial charge in [0, 0.05) is 17.3 Å². The highest BCUT2D eigenvalue weighted by atomic mass is 16.5. The standard InChI is InChI=1S/C11H15NO/c1-3-13-11-6-4-5-10-9(11)7-8(2)12-10/h4-6,8,12H,3,7H2,1-2H3. The predicted molar refractivity (Wildman–Crippen MR) is 54.4 cm³/mol. The third-order valence-electron chi connectivity index (χ3n) is 2.35. The van der Waals surface area contributed by atoms with Gasteiger partial charge in [-0.3, -0.25) is 0 Å². The smallest absolute Gasteiger partial charge is 0.124 e. The van der Waals surface area contributed by atoms with Gasteiger partial charge in [-0.15, -0.1) is 0 Å². The van der Waals surface area contributed by atoms with Crippen molar-refractivity contribution in [2.24, 2.45) is 0 Å². The number of hydrogen-bond donors (Lipinski definition) is 1. The first-order valence-corrected chi connectivity index (χ1v) is 4.82. The van der Waals surface area contributed by atoms with E-state index in [9.17, 15) is 0 Å². The van der Waals surface area contributed by atoms with E-state index in [1.54, 1.807) is 0 Å². The van der Waals surface area contributed by atoms with Crippen LogP contribution in [-0.4, -0.2) is 12.6 Å². The van der Waals surface area contributed by atoms with E-state index in [1.807, 2.05) is 19.1 Å². The number of benzene rings is 1. The normalized spacial score (nSPS) is 19.4. The third-order valence-corrected chi connectivity index (χ3v) is 2.35. The van der Waals surface area contributed by atoms with Crippen molar-refractivity contribution in [2.45, 2.75) is 26.3 Å². The summed E-state index contributed by atoms with van der Waals surface area (Å²) in [7, 11) is 0. The molecule has 1 aromatic rings. The fraction of sp³-hybridized carbons (Fsp3) is 0.455. The summed E-state index contributed by atoms with van der Waals surface area (Å²) >= 11 is 0. The van der Waals surface area contributed by atoms with Crippen molar-refractivity contribution in [3.05, 3.63) is 23.8 Å². The number of fused-ring (bicyclic) bond motifs is 1. The highest BCUT2D eigenvalue weighted by Gasteiger charge is 2.19. The van der Waals surface area contributed by atoms with Gasteiger partial charge in [0.2, 0.25) is 0 Å². The molecule has 0 aliphatic carbocycles. The summed E-state index contributed by atoms with van der Waals surface area (Å²) in [5.74, 6) is 1.04. The maximum absolute atomic E-state index is 5.56. The van der Waals surface area contributed by atoms with Crippen LogP contribution in [0.4, 0.5) is 5.69 Å². The Hall–Kier alpha value is -1.18. The zero-order valence-electron chi connectivity index (χ0n) is 8.13. The van der Waals surface area contributed by atoms with E-state index in [0.29, 0.717) is 6.04 Å². The van der Waals surface area contributed by atoms with Crippen LogP contribution in [0.25, 0.3) is 0 Å². The van der Waals surface area contributed by atoms with Crippen LogP contribution in [0.15, 0.2) is 18.2 Å². The second kappa shape index (κ2) is 3.29. The fourth-order valence-corrected chi connectivity index (χ4v) is 1.82. The molecule has 1 aliphatic heterocycles. The molecule has 0 saturated heterocycles. The molecule has 0 aromatic heterocycles. The zero-order valence-corrected chi connectivity index (χ0v) is 8.13. The van der Waals surface area contributed by atoms with Crippen LogP contribution in [0.2, 0.25) is 0 Å². The third kappa shape index (κ3) is 1.48. The molecule has 0 saturated carbocycles. The van der Waals surface area contributed by atoms with Gasteiger partial charge in [-0.05, 0) is 32.4 Å². The van der Waals surface area contributed by atoms with Gasteiger partial charge < -0.3 is 10.1 Å². The van der Waals surface area contributed by atoms with Crippen LogP contribution >= 0.6 is 0 Å². The topological polar surface area (TPSA) is 21.3 Å². The summed E-state index contributed by atoms with van der Waals surface area (Å²) in [5.41, 5.74) is 2.57. The molecule has 1 heterocycles. The summed E-state index contributed by atoms with van der Waals surface area (Å²) in [6.07, 6.45) is 1.07. The predicted octanol–water partition coefficient (Wildman–Crippen LogP) is 2.44. The second-order valence-corrected chi connectivity index (χ2v) is 3.46. The molecule has 1 N–H and O–H groups in total. The summed E-state index contributed by atoms with van der Waals surface area (Å²) in [4.78, 5) is 0. The van der Waals surface area contributed by atoms with Crippen LogP contribution in [0.1, 0.15) is 19.4 Å². The van der Waals surface area contributed by atoms with Gasteiger partial charge in [0.1, 0.15) is 5.75 Å². The van der Waals surface area contributed by atoms with Crippen LogP contribution in [0, 0.1) is 0 Å². The quantitative estimate of drug-likeness (QED) is 0.749. The Labute approximate surface area is 78.9 Å². The summed E-state index contributed by atoms with van der Waals surface area (Å²) < 4.78 is 5.56. The van der Waals surface area contributed by atoms with E-state index in [2.05, 4.69) is 18.3 Å². The Morgan fingerprint density at radius 2 is 2.38 bits per heavy atom. The molecule has 0 bridgehead atoms. The first-order chi connectivity index (χ1) is 6.31. The molecule has 0 amide bonds. The Morgan fingerprint density at radius 1 is 1.54 bits per heavy atom. The van der Waals surface area contributed by atoms with Crippen molar-refractivity contribution in [3.63, 3.8) is 0 Å².